The van der Waals surface area contributed by atoms with E-state index in [0.29, 0.717) is 24.1 Å². The average Bonchev–Trinajstić information content (AvgIpc) is 3.19. The van der Waals surface area contributed by atoms with E-state index in [9.17, 15) is 0 Å². The zero-order valence-corrected chi connectivity index (χ0v) is 13.3. The van der Waals surface area contributed by atoms with Crippen molar-refractivity contribution in [2.45, 2.75) is 26.0 Å². The van der Waals surface area contributed by atoms with Gasteiger partial charge in [-0.05, 0) is 6.07 Å². The lowest BCUT2D eigenvalue weighted by atomic mass is 10.3. The summed E-state index contributed by atoms with van der Waals surface area (Å²) in [4.78, 5) is 14.8. The van der Waals surface area contributed by atoms with Gasteiger partial charge in [-0.2, -0.15) is 4.98 Å². The van der Waals surface area contributed by atoms with Crippen molar-refractivity contribution in [2.24, 2.45) is 4.99 Å². The van der Waals surface area contributed by atoms with E-state index in [1.807, 2.05) is 18.2 Å². The fourth-order valence-corrected chi connectivity index (χ4v) is 2.51. The van der Waals surface area contributed by atoms with Gasteiger partial charge >= 0.3 is 0 Å². The predicted molar refractivity (Wildman–Crippen MR) is 84.1 cm³/mol. The fraction of sp³-hybridized carbons (Fsp3) is 0.467. The lowest BCUT2D eigenvalue weighted by molar-refractivity contribution is 0.205. The number of hydrogen-bond donors (Lipinski definition) is 1. The molecule has 1 aliphatic heterocycles. The standard InChI is InChI=1S/C15H20N6O2/c1-11-19-13(20-23-11)9-18-15(16-2)21-8-6-12(10-21)22-14-5-3-4-7-17-14/h3-5,7,12H,6,8-10H2,1-2H3,(H,16,18). The van der Waals surface area contributed by atoms with Crippen molar-refractivity contribution in [2.75, 3.05) is 20.1 Å². The van der Waals surface area contributed by atoms with Gasteiger partial charge in [-0.3, -0.25) is 4.99 Å². The Balaban J connectivity index is 1.52. The molecule has 1 atom stereocenters. The van der Waals surface area contributed by atoms with Crippen LogP contribution in [-0.2, 0) is 6.54 Å². The first-order valence-electron chi connectivity index (χ1n) is 7.57. The van der Waals surface area contributed by atoms with E-state index < -0.39 is 0 Å². The summed E-state index contributed by atoms with van der Waals surface area (Å²) in [5, 5.41) is 7.11. The lowest BCUT2D eigenvalue weighted by Crippen LogP contribution is -2.40. The summed E-state index contributed by atoms with van der Waals surface area (Å²) < 4.78 is 10.8. The van der Waals surface area contributed by atoms with Crippen LogP contribution in [0.3, 0.4) is 0 Å². The molecule has 3 rings (SSSR count). The van der Waals surface area contributed by atoms with E-state index in [4.69, 9.17) is 9.26 Å². The highest BCUT2D eigenvalue weighted by Gasteiger charge is 2.26. The molecule has 0 radical (unpaired) electrons. The van der Waals surface area contributed by atoms with Crippen molar-refractivity contribution in [3.8, 4) is 5.88 Å². The van der Waals surface area contributed by atoms with Crippen molar-refractivity contribution < 1.29 is 9.26 Å². The van der Waals surface area contributed by atoms with Gasteiger partial charge in [-0.15, -0.1) is 0 Å². The molecule has 23 heavy (non-hydrogen) atoms. The van der Waals surface area contributed by atoms with Gasteiger partial charge in [0.2, 0.25) is 11.8 Å². The molecule has 0 aromatic carbocycles. The van der Waals surface area contributed by atoms with E-state index in [1.54, 1.807) is 20.2 Å². The number of pyridine rings is 1. The zero-order chi connectivity index (χ0) is 16.1. The van der Waals surface area contributed by atoms with Crippen molar-refractivity contribution in [3.63, 3.8) is 0 Å². The predicted octanol–water partition coefficient (Wildman–Crippen LogP) is 1.00. The molecule has 0 amide bonds. The molecule has 1 saturated heterocycles. The number of guanidine groups is 1. The van der Waals surface area contributed by atoms with Crippen molar-refractivity contribution in [1.82, 2.24) is 25.3 Å². The summed E-state index contributed by atoms with van der Waals surface area (Å²) in [7, 11) is 1.76. The number of ether oxygens (including phenoxy) is 1. The van der Waals surface area contributed by atoms with Gasteiger partial charge < -0.3 is 19.5 Å². The van der Waals surface area contributed by atoms with Crippen LogP contribution in [0.5, 0.6) is 5.88 Å². The number of hydrogen-bond acceptors (Lipinski definition) is 6. The molecule has 1 aliphatic rings. The molecular weight excluding hydrogens is 296 g/mol. The number of nitrogens with one attached hydrogen (secondary N) is 1. The van der Waals surface area contributed by atoms with Crippen LogP contribution < -0.4 is 10.1 Å². The third-order valence-corrected chi connectivity index (χ3v) is 3.56. The monoisotopic (exact) mass is 316 g/mol. The Morgan fingerprint density at radius 2 is 2.43 bits per heavy atom. The molecule has 1 fully saturated rings. The van der Waals surface area contributed by atoms with Crippen LogP contribution >= 0.6 is 0 Å². The number of nitrogens with zero attached hydrogens (tertiary/aromatic N) is 5. The highest BCUT2D eigenvalue weighted by molar-refractivity contribution is 5.80. The smallest absolute Gasteiger partial charge is 0.223 e. The fourth-order valence-electron chi connectivity index (χ4n) is 2.51. The molecule has 0 saturated carbocycles. The molecule has 2 aromatic rings. The highest BCUT2D eigenvalue weighted by Crippen LogP contribution is 2.16. The maximum atomic E-state index is 5.89. The summed E-state index contributed by atoms with van der Waals surface area (Å²) in [5.74, 6) is 2.63. The molecule has 1 unspecified atom stereocenters. The van der Waals surface area contributed by atoms with Crippen molar-refractivity contribution >= 4 is 5.96 Å². The first-order valence-corrected chi connectivity index (χ1v) is 7.57. The minimum absolute atomic E-state index is 0.107. The third kappa shape index (κ3) is 3.97. The van der Waals surface area contributed by atoms with Gasteiger partial charge in [0.25, 0.3) is 0 Å². The minimum Gasteiger partial charge on any atom is -0.472 e. The molecule has 122 valence electrons. The van der Waals surface area contributed by atoms with Crippen molar-refractivity contribution in [1.29, 1.82) is 0 Å². The Labute approximate surface area is 134 Å². The van der Waals surface area contributed by atoms with Gasteiger partial charge in [0.05, 0.1) is 13.1 Å². The number of rotatable bonds is 4. The summed E-state index contributed by atoms with van der Waals surface area (Å²) in [6, 6.07) is 5.66. The molecule has 0 aliphatic carbocycles. The van der Waals surface area contributed by atoms with Crippen LogP contribution in [-0.4, -0.2) is 52.2 Å². The number of aryl methyl sites for hydroxylation is 1. The SMILES string of the molecule is CN=C(NCc1noc(C)n1)N1CCC(Oc2ccccn2)C1. The van der Waals surface area contributed by atoms with Crippen LogP contribution in [0.15, 0.2) is 33.9 Å². The molecule has 0 spiro atoms. The maximum Gasteiger partial charge on any atom is 0.223 e. The summed E-state index contributed by atoms with van der Waals surface area (Å²) in [5.41, 5.74) is 0. The topological polar surface area (TPSA) is 88.7 Å². The summed E-state index contributed by atoms with van der Waals surface area (Å²) >= 11 is 0. The Kier molecular flexibility index (Phi) is 4.70. The Hall–Kier alpha value is -2.64. The van der Waals surface area contributed by atoms with E-state index in [2.05, 4.69) is 30.3 Å². The van der Waals surface area contributed by atoms with E-state index in [1.165, 1.54) is 0 Å². The molecule has 8 nitrogen and oxygen atoms in total. The normalized spacial score (nSPS) is 18.3. The Morgan fingerprint density at radius 1 is 1.52 bits per heavy atom. The van der Waals surface area contributed by atoms with Gasteiger partial charge in [0.15, 0.2) is 11.8 Å². The first kappa shape index (κ1) is 15.3. The minimum atomic E-state index is 0.107. The zero-order valence-electron chi connectivity index (χ0n) is 13.3. The first-order chi connectivity index (χ1) is 11.2. The van der Waals surface area contributed by atoms with Crippen LogP contribution in [0.1, 0.15) is 18.1 Å². The van der Waals surface area contributed by atoms with Crippen LogP contribution in [0, 0.1) is 6.92 Å². The molecule has 8 heteroatoms. The Morgan fingerprint density at radius 3 is 3.13 bits per heavy atom. The number of likely N-dealkylation sites (tertiary alicyclic amines) is 1. The van der Waals surface area contributed by atoms with E-state index >= 15 is 0 Å². The number of aliphatic imine (C=N–C) groups is 1. The van der Waals surface area contributed by atoms with Gasteiger partial charge in [0, 0.05) is 39.2 Å². The van der Waals surface area contributed by atoms with Crippen molar-refractivity contribution in [3.05, 3.63) is 36.1 Å². The largest absolute Gasteiger partial charge is 0.472 e. The maximum absolute atomic E-state index is 5.89. The summed E-state index contributed by atoms with van der Waals surface area (Å²) in [6.07, 6.45) is 2.77. The van der Waals surface area contributed by atoms with Crippen LogP contribution in [0.2, 0.25) is 0 Å². The quantitative estimate of drug-likeness (QED) is 0.665. The molecule has 1 N–H and O–H groups in total. The lowest BCUT2D eigenvalue weighted by Gasteiger charge is -2.21. The second-order valence-corrected chi connectivity index (χ2v) is 5.27. The van der Waals surface area contributed by atoms with Gasteiger partial charge in [-0.25, -0.2) is 4.98 Å². The van der Waals surface area contributed by atoms with Crippen LogP contribution in [0.4, 0.5) is 0 Å². The highest BCUT2D eigenvalue weighted by atomic mass is 16.5. The summed E-state index contributed by atoms with van der Waals surface area (Å²) in [6.45, 7) is 3.89. The van der Waals surface area contributed by atoms with Gasteiger partial charge in [-0.1, -0.05) is 11.2 Å². The molecule has 3 heterocycles. The third-order valence-electron chi connectivity index (χ3n) is 3.56. The molecular formula is C15H20N6O2. The Bertz CT molecular complexity index is 657. The second kappa shape index (κ2) is 7.08. The van der Waals surface area contributed by atoms with Gasteiger partial charge in [0.1, 0.15) is 6.10 Å². The van der Waals surface area contributed by atoms with E-state index in [0.717, 1.165) is 25.5 Å². The second-order valence-electron chi connectivity index (χ2n) is 5.27. The molecule has 2 aromatic heterocycles. The average molecular weight is 316 g/mol. The number of aromatic nitrogens is 3. The molecule has 0 bridgehead atoms. The van der Waals surface area contributed by atoms with Crippen LogP contribution in [0.25, 0.3) is 0 Å². The van der Waals surface area contributed by atoms with E-state index in [-0.39, 0.29) is 6.10 Å².